The van der Waals surface area contributed by atoms with Crippen LogP contribution >= 0.6 is 11.3 Å². The highest BCUT2D eigenvalue weighted by molar-refractivity contribution is 7.89. The smallest absolute Gasteiger partial charge is 0.273 e. The summed E-state index contributed by atoms with van der Waals surface area (Å²) in [4.78, 5) is 18.4. The van der Waals surface area contributed by atoms with Gasteiger partial charge in [-0.15, -0.1) is 11.3 Å². The zero-order chi connectivity index (χ0) is 18.2. The monoisotopic (exact) mass is 383 g/mol. The number of carbonyl (C=O) groups is 1. The molecule has 3 rings (SSSR count). The summed E-state index contributed by atoms with van der Waals surface area (Å²) < 4.78 is 28.7. The lowest BCUT2D eigenvalue weighted by molar-refractivity contribution is 0.0586. The van der Waals surface area contributed by atoms with Crippen LogP contribution in [0, 0.1) is 0 Å². The Balaban J connectivity index is 1.74. The molecular formula is C15H21N5O3S2. The van der Waals surface area contributed by atoms with E-state index >= 15 is 0 Å². The molecule has 0 spiro atoms. The molecule has 136 valence electrons. The number of amides is 1. The number of nitrogens with zero attached hydrogens (tertiary/aromatic N) is 5. The molecule has 1 aliphatic rings. The van der Waals surface area contributed by atoms with E-state index in [2.05, 4.69) is 10.1 Å². The Morgan fingerprint density at radius 3 is 2.68 bits per heavy atom. The number of hydrogen-bond acceptors (Lipinski definition) is 6. The molecule has 25 heavy (non-hydrogen) atoms. The lowest BCUT2D eigenvalue weighted by atomic mass is 10.2. The van der Waals surface area contributed by atoms with Crippen molar-refractivity contribution in [3.8, 4) is 0 Å². The van der Waals surface area contributed by atoms with Crippen molar-refractivity contribution in [2.45, 2.75) is 37.8 Å². The van der Waals surface area contributed by atoms with E-state index in [1.165, 1.54) is 21.8 Å². The van der Waals surface area contributed by atoms with E-state index in [4.69, 9.17) is 0 Å². The first-order valence-corrected chi connectivity index (χ1v) is 10.4. The molecule has 3 heterocycles. The van der Waals surface area contributed by atoms with Crippen molar-refractivity contribution >= 4 is 27.3 Å². The average Bonchev–Trinajstić information content (AvgIpc) is 3.25. The molecule has 0 aromatic carbocycles. The van der Waals surface area contributed by atoms with Crippen LogP contribution in [0.4, 0.5) is 0 Å². The van der Waals surface area contributed by atoms with E-state index < -0.39 is 10.0 Å². The minimum atomic E-state index is -3.61. The topological polar surface area (TPSA) is 88.4 Å². The third-order valence-electron chi connectivity index (χ3n) is 4.25. The van der Waals surface area contributed by atoms with Crippen molar-refractivity contribution in [1.82, 2.24) is 24.0 Å². The van der Waals surface area contributed by atoms with Gasteiger partial charge in [-0.2, -0.15) is 9.40 Å². The number of thiazole rings is 1. The average molecular weight is 383 g/mol. The molecule has 1 aliphatic heterocycles. The summed E-state index contributed by atoms with van der Waals surface area (Å²) in [6.45, 7) is 6.59. The summed E-state index contributed by atoms with van der Waals surface area (Å²) in [5.41, 5.74) is 2.02. The number of hydrogen-bond donors (Lipinski definition) is 0. The van der Waals surface area contributed by atoms with Crippen molar-refractivity contribution in [3.05, 3.63) is 29.0 Å². The summed E-state index contributed by atoms with van der Waals surface area (Å²) >= 11 is 1.37. The van der Waals surface area contributed by atoms with E-state index in [9.17, 15) is 13.2 Å². The Morgan fingerprint density at radius 1 is 1.36 bits per heavy atom. The van der Waals surface area contributed by atoms with Gasteiger partial charge in [-0.3, -0.25) is 9.48 Å². The van der Waals surface area contributed by atoms with Gasteiger partial charge >= 0.3 is 0 Å². The van der Waals surface area contributed by atoms with Gasteiger partial charge in [0.25, 0.3) is 5.91 Å². The first kappa shape index (κ1) is 18.0. The van der Waals surface area contributed by atoms with Gasteiger partial charge in [-0.25, -0.2) is 13.4 Å². The molecule has 1 fully saturated rings. The molecule has 0 saturated carbocycles. The Labute approximate surface area is 151 Å². The molecule has 0 aliphatic carbocycles. The molecule has 0 unspecified atom stereocenters. The summed E-state index contributed by atoms with van der Waals surface area (Å²) in [6.07, 6.45) is 2.93. The Morgan fingerprint density at radius 2 is 2.12 bits per heavy atom. The Kier molecular flexibility index (Phi) is 4.94. The molecule has 0 radical (unpaired) electrons. The maximum atomic E-state index is 12.8. The molecule has 1 amide bonds. The Bertz CT molecular complexity index is 844. The second kappa shape index (κ2) is 6.85. The normalized spacial score (nSPS) is 19.5. The van der Waals surface area contributed by atoms with Crippen LogP contribution in [0.15, 0.2) is 28.2 Å². The first-order valence-electron chi connectivity index (χ1n) is 8.04. The van der Waals surface area contributed by atoms with E-state index in [-0.39, 0.29) is 36.0 Å². The Hall–Kier alpha value is -1.78. The predicted octanol–water partition coefficient (Wildman–Crippen LogP) is 1.46. The third-order valence-corrected chi connectivity index (χ3v) is 6.65. The highest BCUT2D eigenvalue weighted by Crippen LogP contribution is 2.21. The fourth-order valence-corrected chi connectivity index (χ4v) is 4.77. The number of piperazine rings is 1. The summed E-state index contributed by atoms with van der Waals surface area (Å²) in [5, 5.41) is 5.82. The zero-order valence-corrected chi connectivity index (χ0v) is 16.0. The van der Waals surface area contributed by atoms with Crippen molar-refractivity contribution in [1.29, 1.82) is 0 Å². The zero-order valence-electron chi connectivity index (χ0n) is 14.4. The maximum absolute atomic E-state index is 12.8. The van der Waals surface area contributed by atoms with Crippen LogP contribution in [-0.2, 0) is 10.0 Å². The molecule has 10 heteroatoms. The van der Waals surface area contributed by atoms with Gasteiger partial charge in [0, 0.05) is 43.3 Å². The lowest BCUT2D eigenvalue weighted by Crippen LogP contribution is -2.55. The van der Waals surface area contributed by atoms with Gasteiger partial charge in [0.05, 0.1) is 11.7 Å². The van der Waals surface area contributed by atoms with E-state index in [0.29, 0.717) is 12.2 Å². The number of carbonyl (C=O) groups excluding carboxylic acids is 1. The highest BCUT2D eigenvalue weighted by atomic mass is 32.2. The van der Waals surface area contributed by atoms with Crippen LogP contribution < -0.4 is 0 Å². The SMILES string of the molecule is CC(C)n1cc(S(=O)(=O)N2CCN(C(=O)c3cscn3)[C@@H](C)C2)cn1. The molecule has 2 aromatic rings. The minimum Gasteiger partial charge on any atom is -0.332 e. The van der Waals surface area contributed by atoms with Gasteiger partial charge in [0.2, 0.25) is 10.0 Å². The van der Waals surface area contributed by atoms with Crippen molar-refractivity contribution < 1.29 is 13.2 Å². The molecule has 8 nitrogen and oxygen atoms in total. The van der Waals surface area contributed by atoms with Crippen LogP contribution in [0.2, 0.25) is 0 Å². The van der Waals surface area contributed by atoms with E-state index in [1.807, 2.05) is 20.8 Å². The third kappa shape index (κ3) is 3.46. The maximum Gasteiger partial charge on any atom is 0.273 e. The van der Waals surface area contributed by atoms with E-state index in [0.717, 1.165) is 0 Å². The fourth-order valence-electron chi connectivity index (χ4n) is 2.79. The van der Waals surface area contributed by atoms with Crippen molar-refractivity contribution in [3.63, 3.8) is 0 Å². The molecular weight excluding hydrogens is 362 g/mol. The van der Waals surface area contributed by atoms with Crippen LogP contribution in [0.3, 0.4) is 0 Å². The number of aromatic nitrogens is 3. The van der Waals surface area contributed by atoms with Crippen LogP contribution in [-0.4, -0.2) is 64.0 Å². The van der Waals surface area contributed by atoms with E-state index in [1.54, 1.807) is 26.7 Å². The summed E-state index contributed by atoms with van der Waals surface area (Å²) in [7, 11) is -3.61. The van der Waals surface area contributed by atoms with Gasteiger partial charge < -0.3 is 4.90 Å². The van der Waals surface area contributed by atoms with Crippen LogP contribution in [0.1, 0.15) is 37.3 Å². The molecule has 0 N–H and O–H groups in total. The van der Waals surface area contributed by atoms with Crippen molar-refractivity contribution in [2.24, 2.45) is 0 Å². The minimum absolute atomic E-state index is 0.0930. The lowest BCUT2D eigenvalue weighted by Gasteiger charge is -2.38. The second-order valence-electron chi connectivity index (χ2n) is 6.33. The quantitative estimate of drug-likeness (QED) is 0.797. The number of sulfonamides is 1. The fraction of sp³-hybridized carbons (Fsp3) is 0.533. The summed E-state index contributed by atoms with van der Waals surface area (Å²) in [6, 6.07) is -0.131. The second-order valence-corrected chi connectivity index (χ2v) is 8.99. The highest BCUT2D eigenvalue weighted by Gasteiger charge is 2.35. The number of rotatable bonds is 4. The van der Waals surface area contributed by atoms with Gasteiger partial charge in [-0.05, 0) is 20.8 Å². The molecule has 2 aromatic heterocycles. The molecule has 1 saturated heterocycles. The standard InChI is InChI=1S/C15H21N5O3S2/c1-11(2)20-8-13(6-17-20)25(22,23)18-4-5-19(12(3)7-18)15(21)14-9-24-10-16-14/h6,8-12H,4-5,7H2,1-3H3/t12-/m0/s1. The predicted molar refractivity (Wildman–Crippen MR) is 94.0 cm³/mol. The van der Waals surface area contributed by atoms with Crippen LogP contribution in [0.25, 0.3) is 0 Å². The first-order chi connectivity index (χ1) is 11.8. The van der Waals surface area contributed by atoms with Gasteiger partial charge in [0.15, 0.2) is 0 Å². The largest absolute Gasteiger partial charge is 0.332 e. The van der Waals surface area contributed by atoms with Crippen LogP contribution in [0.5, 0.6) is 0 Å². The van der Waals surface area contributed by atoms with Crippen molar-refractivity contribution in [2.75, 3.05) is 19.6 Å². The summed E-state index contributed by atoms with van der Waals surface area (Å²) in [5.74, 6) is -0.154. The molecule has 1 atom stereocenters. The van der Waals surface area contributed by atoms with Gasteiger partial charge in [0.1, 0.15) is 10.6 Å². The van der Waals surface area contributed by atoms with Gasteiger partial charge in [-0.1, -0.05) is 0 Å². The molecule has 0 bridgehead atoms.